The van der Waals surface area contributed by atoms with Crippen molar-refractivity contribution in [3.05, 3.63) is 29.7 Å². The average Bonchev–Trinajstić information content (AvgIpc) is 3.18. The number of hydrogen-bond donors (Lipinski definition) is 2. The van der Waals surface area contributed by atoms with Crippen LogP contribution in [0.3, 0.4) is 0 Å². The van der Waals surface area contributed by atoms with Crippen molar-refractivity contribution in [2.75, 3.05) is 25.6 Å². The zero-order chi connectivity index (χ0) is 18.9. The second kappa shape index (κ2) is 9.03. The first-order valence-electron chi connectivity index (χ1n) is 7.77. The first kappa shape index (κ1) is 18.7. The molecule has 1 aromatic carbocycles. The molecule has 0 saturated carbocycles. The summed E-state index contributed by atoms with van der Waals surface area (Å²) in [6.07, 6.45) is 1.36. The number of anilines is 1. The van der Waals surface area contributed by atoms with Crippen LogP contribution in [0.1, 0.15) is 30.0 Å². The molecule has 0 radical (unpaired) electrons. The number of ether oxygens (including phenoxy) is 3. The van der Waals surface area contributed by atoms with Crippen LogP contribution in [0.5, 0.6) is 11.5 Å². The number of allylic oxidation sites excluding steroid dienone is 1. The summed E-state index contributed by atoms with van der Waals surface area (Å²) in [5.41, 5.74) is 0.725. The van der Waals surface area contributed by atoms with Gasteiger partial charge in [-0.05, 0) is 19.1 Å². The number of nitriles is 1. The van der Waals surface area contributed by atoms with Gasteiger partial charge < -0.3 is 19.5 Å². The normalized spacial score (nSPS) is 10.8. The molecule has 2 rings (SSSR count). The highest BCUT2D eigenvalue weighted by Crippen LogP contribution is 2.34. The number of rotatable bonds is 8. The standard InChI is InChI=1S/C16H18N6O4/c1-4-25-13-6-11(16(23)24-3)12(7-14(13)26-5-2)18-9-10(8-17)15-19-21-22-20-15/h6-7,9,18H,4-5H2,1-3H3,(H,19,20,21,22). The van der Waals surface area contributed by atoms with Crippen molar-refractivity contribution in [2.24, 2.45) is 0 Å². The van der Waals surface area contributed by atoms with E-state index in [0.29, 0.717) is 30.4 Å². The highest BCUT2D eigenvalue weighted by atomic mass is 16.5. The topological polar surface area (TPSA) is 135 Å². The Morgan fingerprint density at radius 2 is 2.00 bits per heavy atom. The van der Waals surface area contributed by atoms with Crippen LogP contribution in [-0.2, 0) is 4.74 Å². The minimum atomic E-state index is -0.567. The summed E-state index contributed by atoms with van der Waals surface area (Å²) in [6.45, 7) is 4.48. The number of methoxy groups -OCH3 is 1. The number of aromatic amines is 1. The molecule has 26 heavy (non-hydrogen) atoms. The minimum Gasteiger partial charge on any atom is -0.490 e. The molecule has 2 N–H and O–H groups in total. The van der Waals surface area contributed by atoms with Gasteiger partial charge in [-0.25, -0.2) is 4.79 Å². The fourth-order valence-corrected chi connectivity index (χ4v) is 2.07. The van der Waals surface area contributed by atoms with E-state index in [9.17, 15) is 10.1 Å². The summed E-state index contributed by atoms with van der Waals surface area (Å²) in [6, 6.07) is 5.07. The van der Waals surface area contributed by atoms with Crippen molar-refractivity contribution in [2.45, 2.75) is 13.8 Å². The Morgan fingerprint density at radius 1 is 1.31 bits per heavy atom. The molecule has 0 saturated heterocycles. The van der Waals surface area contributed by atoms with Gasteiger partial charge in [0.25, 0.3) is 0 Å². The SMILES string of the molecule is CCOc1cc(NC=C(C#N)c2nn[nH]n2)c(C(=O)OC)cc1OCC. The van der Waals surface area contributed by atoms with Crippen molar-refractivity contribution in [1.29, 1.82) is 5.26 Å². The zero-order valence-electron chi connectivity index (χ0n) is 14.6. The van der Waals surface area contributed by atoms with Crippen molar-refractivity contribution in [1.82, 2.24) is 20.6 Å². The fraction of sp³-hybridized carbons (Fsp3) is 0.312. The molecular formula is C16H18N6O4. The highest BCUT2D eigenvalue weighted by molar-refractivity contribution is 5.97. The van der Waals surface area contributed by atoms with Gasteiger partial charge in [0.1, 0.15) is 11.6 Å². The first-order chi connectivity index (χ1) is 12.6. The molecule has 2 aromatic rings. The van der Waals surface area contributed by atoms with Gasteiger partial charge in [0.15, 0.2) is 11.5 Å². The van der Waals surface area contributed by atoms with Crippen LogP contribution in [0, 0.1) is 11.3 Å². The molecule has 0 aliphatic carbocycles. The second-order valence-electron chi connectivity index (χ2n) is 4.75. The quantitative estimate of drug-likeness (QED) is 0.534. The number of tetrazole rings is 1. The maximum absolute atomic E-state index is 12.1. The number of hydrogen-bond acceptors (Lipinski definition) is 9. The highest BCUT2D eigenvalue weighted by Gasteiger charge is 2.18. The predicted molar refractivity (Wildman–Crippen MR) is 91.5 cm³/mol. The number of esters is 1. The number of H-pyrrole nitrogens is 1. The Hall–Kier alpha value is -3.61. The summed E-state index contributed by atoms with van der Waals surface area (Å²) >= 11 is 0. The molecule has 0 bridgehead atoms. The molecule has 0 aliphatic rings. The van der Waals surface area contributed by atoms with Crippen LogP contribution < -0.4 is 14.8 Å². The monoisotopic (exact) mass is 358 g/mol. The van der Waals surface area contributed by atoms with Gasteiger partial charge in [0.2, 0.25) is 5.82 Å². The first-order valence-corrected chi connectivity index (χ1v) is 7.77. The van der Waals surface area contributed by atoms with E-state index in [2.05, 4.69) is 25.9 Å². The van der Waals surface area contributed by atoms with Crippen LogP contribution in [0.25, 0.3) is 5.57 Å². The Balaban J connectivity index is 2.46. The number of carbonyl (C=O) groups is 1. The van der Waals surface area contributed by atoms with Gasteiger partial charge >= 0.3 is 5.97 Å². The molecule has 0 fully saturated rings. The third-order valence-electron chi connectivity index (χ3n) is 3.17. The van der Waals surface area contributed by atoms with Crippen molar-refractivity contribution < 1.29 is 19.0 Å². The molecule has 136 valence electrons. The van der Waals surface area contributed by atoms with Crippen LogP contribution in [0.4, 0.5) is 5.69 Å². The number of nitrogens with zero attached hydrogens (tertiary/aromatic N) is 4. The third-order valence-corrected chi connectivity index (χ3v) is 3.17. The van der Waals surface area contributed by atoms with E-state index in [-0.39, 0.29) is 17.0 Å². The maximum atomic E-state index is 12.1. The fourth-order valence-electron chi connectivity index (χ4n) is 2.07. The van der Waals surface area contributed by atoms with Gasteiger partial charge in [-0.2, -0.15) is 10.5 Å². The molecule has 0 aliphatic heterocycles. The average molecular weight is 358 g/mol. The predicted octanol–water partition coefficient (Wildman–Crippen LogP) is 1.76. The summed E-state index contributed by atoms with van der Waals surface area (Å²) < 4.78 is 15.9. The van der Waals surface area contributed by atoms with Gasteiger partial charge in [-0.1, -0.05) is 0 Å². The lowest BCUT2D eigenvalue weighted by molar-refractivity contribution is 0.0601. The summed E-state index contributed by atoms with van der Waals surface area (Å²) in [5.74, 6) is 0.428. The Kier molecular flexibility index (Phi) is 6.50. The van der Waals surface area contributed by atoms with Crippen LogP contribution >= 0.6 is 0 Å². The van der Waals surface area contributed by atoms with Gasteiger partial charge in [0.05, 0.1) is 31.6 Å². The molecule has 0 amide bonds. The lowest BCUT2D eigenvalue weighted by atomic mass is 10.1. The molecule has 1 heterocycles. The lowest BCUT2D eigenvalue weighted by Gasteiger charge is -2.15. The van der Waals surface area contributed by atoms with Crippen LogP contribution in [0.15, 0.2) is 18.3 Å². The maximum Gasteiger partial charge on any atom is 0.340 e. The number of benzene rings is 1. The van der Waals surface area contributed by atoms with Gasteiger partial charge in [-0.3, -0.25) is 0 Å². The summed E-state index contributed by atoms with van der Waals surface area (Å²) in [5, 5.41) is 25.3. The van der Waals surface area contributed by atoms with E-state index in [0.717, 1.165) is 0 Å². The molecule has 0 unspecified atom stereocenters. The largest absolute Gasteiger partial charge is 0.490 e. The Morgan fingerprint density at radius 3 is 2.54 bits per heavy atom. The van der Waals surface area contributed by atoms with E-state index in [4.69, 9.17) is 14.2 Å². The van der Waals surface area contributed by atoms with Gasteiger partial charge in [0, 0.05) is 18.3 Å². The van der Waals surface area contributed by atoms with E-state index in [1.807, 2.05) is 19.9 Å². The van der Waals surface area contributed by atoms with E-state index < -0.39 is 5.97 Å². The zero-order valence-corrected chi connectivity index (χ0v) is 14.6. The molecule has 10 heteroatoms. The van der Waals surface area contributed by atoms with E-state index >= 15 is 0 Å². The summed E-state index contributed by atoms with van der Waals surface area (Å²) in [7, 11) is 1.28. The third kappa shape index (κ3) is 4.27. The number of carbonyl (C=O) groups excluding carboxylic acids is 1. The minimum absolute atomic E-state index is 0.121. The Bertz CT molecular complexity index is 826. The second-order valence-corrected chi connectivity index (χ2v) is 4.75. The summed E-state index contributed by atoms with van der Waals surface area (Å²) in [4.78, 5) is 12.1. The molecule has 1 aromatic heterocycles. The molecule has 10 nitrogen and oxygen atoms in total. The molecule has 0 atom stereocenters. The lowest BCUT2D eigenvalue weighted by Crippen LogP contribution is -2.08. The molecular weight excluding hydrogens is 340 g/mol. The Labute approximate surface area is 149 Å². The van der Waals surface area contributed by atoms with E-state index in [1.165, 1.54) is 19.4 Å². The van der Waals surface area contributed by atoms with Crippen molar-refractivity contribution in [3.8, 4) is 17.6 Å². The van der Waals surface area contributed by atoms with Crippen molar-refractivity contribution >= 4 is 17.2 Å². The van der Waals surface area contributed by atoms with Gasteiger partial charge in [-0.15, -0.1) is 10.2 Å². The molecule has 0 spiro atoms. The number of nitrogens with one attached hydrogen (secondary N) is 2. The van der Waals surface area contributed by atoms with Crippen molar-refractivity contribution in [3.63, 3.8) is 0 Å². The van der Waals surface area contributed by atoms with Crippen LogP contribution in [0.2, 0.25) is 0 Å². The van der Waals surface area contributed by atoms with E-state index in [1.54, 1.807) is 6.07 Å². The van der Waals surface area contributed by atoms with Crippen LogP contribution in [-0.4, -0.2) is 46.9 Å². The smallest absolute Gasteiger partial charge is 0.340 e. The number of aromatic nitrogens is 4.